The Labute approximate surface area is 110 Å². The molecule has 1 aromatic carbocycles. The third kappa shape index (κ3) is 4.09. The highest BCUT2D eigenvalue weighted by molar-refractivity contribution is 14.1. The van der Waals surface area contributed by atoms with E-state index in [-0.39, 0.29) is 5.91 Å². The van der Waals surface area contributed by atoms with Gasteiger partial charge in [-0.05, 0) is 53.8 Å². The molecule has 0 aliphatic rings. The fourth-order valence-electron chi connectivity index (χ4n) is 1.26. The third-order valence-corrected chi connectivity index (χ3v) is 2.93. The molecular weight excluding hydrogens is 317 g/mol. The standard InChI is InChI=1S/C12H16INO2/c1-3-16-9-8-14(2)12(15)10-4-6-11(13)7-5-10/h4-7H,3,8-9H2,1-2H3. The average Bonchev–Trinajstić information content (AvgIpc) is 2.29. The van der Waals surface area contributed by atoms with Crippen molar-refractivity contribution < 1.29 is 9.53 Å². The highest BCUT2D eigenvalue weighted by Crippen LogP contribution is 2.08. The summed E-state index contributed by atoms with van der Waals surface area (Å²) in [5, 5.41) is 0. The van der Waals surface area contributed by atoms with Crippen molar-refractivity contribution in [3.8, 4) is 0 Å². The normalized spacial score (nSPS) is 10.2. The van der Waals surface area contributed by atoms with Crippen LogP contribution in [0.4, 0.5) is 0 Å². The number of hydrogen-bond donors (Lipinski definition) is 0. The van der Waals surface area contributed by atoms with Crippen molar-refractivity contribution in [2.75, 3.05) is 26.8 Å². The van der Waals surface area contributed by atoms with Gasteiger partial charge in [0, 0.05) is 29.3 Å². The van der Waals surface area contributed by atoms with Crippen molar-refractivity contribution in [1.82, 2.24) is 4.90 Å². The van der Waals surface area contributed by atoms with Crippen LogP contribution in [0.1, 0.15) is 17.3 Å². The van der Waals surface area contributed by atoms with Crippen molar-refractivity contribution in [3.63, 3.8) is 0 Å². The van der Waals surface area contributed by atoms with E-state index in [9.17, 15) is 4.79 Å². The second-order valence-electron chi connectivity index (χ2n) is 3.43. The number of rotatable bonds is 5. The SMILES string of the molecule is CCOCCN(C)C(=O)c1ccc(I)cc1. The molecule has 0 saturated heterocycles. The lowest BCUT2D eigenvalue weighted by Gasteiger charge is -2.16. The van der Waals surface area contributed by atoms with Crippen LogP contribution in [0.3, 0.4) is 0 Å². The largest absolute Gasteiger partial charge is 0.380 e. The second kappa shape index (κ2) is 6.85. The summed E-state index contributed by atoms with van der Waals surface area (Å²) >= 11 is 2.22. The molecule has 0 atom stereocenters. The summed E-state index contributed by atoms with van der Waals surface area (Å²) in [5.41, 5.74) is 0.722. The lowest BCUT2D eigenvalue weighted by atomic mass is 10.2. The van der Waals surface area contributed by atoms with Crippen molar-refractivity contribution in [2.45, 2.75) is 6.92 Å². The zero-order valence-corrected chi connectivity index (χ0v) is 11.7. The minimum atomic E-state index is 0.0381. The molecule has 0 aliphatic heterocycles. The average molecular weight is 333 g/mol. The zero-order chi connectivity index (χ0) is 12.0. The van der Waals surface area contributed by atoms with E-state index in [1.807, 2.05) is 31.2 Å². The van der Waals surface area contributed by atoms with E-state index in [1.165, 1.54) is 0 Å². The molecule has 0 heterocycles. The van der Waals surface area contributed by atoms with Gasteiger partial charge in [-0.3, -0.25) is 4.79 Å². The van der Waals surface area contributed by atoms with Crippen molar-refractivity contribution >= 4 is 28.5 Å². The van der Waals surface area contributed by atoms with Gasteiger partial charge in [-0.15, -0.1) is 0 Å². The molecule has 88 valence electrons. The molecule has 0 unspecified atom stereocenters. The Bertz CT molecular complexity index is 337. The Morgan fingerprint density at radius 2 is 2.00 bits per heavy atom. The number of amides is 1. The quantitative estimate of drug-likeness (QED) is 0.612. The highest BCUT2D eigenvalue weighted by Gasteiger charge is 2.10. The van der Waals surface area contributed by atoms with Crippen LogP contribution < -0.4 is 0 Å². The van der Waals surface area contributed by atoms with Gasteiger partial charge in [0.25, 0.3) is 5.91 Å². The first-order chi connectivity index (χ1) is 7.65. The number of ether oxygens (including phenoxy) is 1. The fraction of sp³-hybridized carbons (Fsp3) is 0.417. The first-order valence-electron chi connectivity index (χ1n) is 5.24. The lowest BCUT2D eigenvalue weighted by molar-refractivity contribution is 0.0710. The van der Waals surface area contributed by atoms with Gasteiger partial charge in [0.15, 0.2) is 0 Å². The Balaban J connectivity index is 2.53. The molecule has 0 N–H and O–H groups in total. The molecule has 0 bridgehead atoms. The Hall–Kier alpha value is -0.620. The molecule has 4 heteroatoms. The maximum absolute atomic E-state index is 11.9. The van der Waals surface area contributed by atoms with Gasteiger partial charge in [-0.25, -0.2) is 0 Å². The maximum Gasteiger partial charge on any atom is 0.253 e. The van der Waals surface area contributed by atoms with Crippen LogP contribution in [-0.4, -0.2) is 37.6 Å². The van der Waals surface area contributed by atoms with Crippen LogP contribution in [0.25, 0.3) is 0 Å². The lowest BCUT2D eigenvalue weighted by Crippen LogP contribution is -2.30. The van der Waals surface area contributed by atoms with Gasteiger partial charge in [-0.1, -0.05) is 0 Å². The number of hydrogen-bond acceptors (Lipinski definition) is 2. The predicted molar refractivity (Wildman–Crippen MR) is 72.6 cm³/mol. The first-order valence-corrected chi connectivity index (χ1v) is 6.31. The molecular formula is C12H16INO2. The van der Waals surface area contributed by atoms with Crippen LogP contribution >= 0.6 is 22.6 Å². The first kappa shape index (κ1) is 13.4. The topological polar surface area (TPSA) is 29.5 Å². The van der Waals surface area contributed by atoms with E-state index in [4.69, 9.17) is 4.74 Å². The van der Waals surface area contributed by atoms with Crippen LogP contribution in [0, 0.1) is 3.57 Å². The molecule has 0 radical (unpaired) electrons. The van der Waals surface area contributed by atoms with E-state index >= 15 is 0 Å². The maximum atomic E-state index is 11.9. The molecule has 16 heavy (non-hydrogen) atoms. The smallest absolute Gasteiger partial charge is 0.253 e. The van der Waals surface area contributed by atoms with Crippen molar-refractivity contribution in [2.24, 2.45) is 0 Å². The number of nitrogens with zero attached hydrogens (tertiary/aromatic N) is 1. The van der Waals surface area contributed by atoms with E-state index in [1.54, 1.807) is 11.9 Å². The molecule has 0 spiro atoms. The number of likely N-dealkylation sites (N-methyl/N-ethyl adjacent to an activating group) is 1. The van der Waals surface area contributed by atoms with Gasteiger partial charge in [0.1, 0.15) is 0 Å². The molecule has 1 aromatic rings. The van der Waals surface area contributed by atoms with Crippen LogP contribution in [0.2, 0.25) is 0 Å². The van der Waals surface area contributed by atoms with Crippen LogP contribution in [0.15, 0.2) is 24.3 Å². The second-order valence-corrected chi connectivity index (χ2v) is 4.68. The Morgan fingerprint density at radius 1 is 1.38 bits per heavy atom. The number of benzene rings is 1. The molecule has 0 aliphatic carbocycles. The van der Waals surface area contributed by atoms with Gasteiger partial charge in [0.2, 0.25) is 0 Å². The summed E-state index contributed by atoms with van der Waals surface area (Å²) in [4.78, 5) is 13.6. The Morgan fingerprint density at radius 3 is 2.56 bits per heavy atom. The van der Waals surface area contributed by atoms with Crippen LogP contribution in [-0.2, 0) is 4.74 Å². The van der Waals surface area contributed by atoms with Gasteiger partial charge < -0.3 is 9.64 Å². The Kier molecular flexibility index (Phi) is 5.76. The van der Waals surface area contributed by atoms with Crippen molar-refractivity contribution in [3.05, 3.63) is 33.4 Å². The van der Waals surface area contributed by atoms with Gasteiger partial charge in [-0.2, -0.15) is 0 Å². The van der Waals surface area contributed by atoms with Gasteiger partial charge in [0.05, 0.1) is 6.61 Å². The van der Waals surface area contributed by atoms with E-state index < -0.39 is 0 Å². The van der Waals surface area contributed by atoms with Crippen molar-refractivity contribution in [1.29, 1.82) is 0 Å². The summed E-state index contributed by atoms with van der Waals surface area (Å²) in [6.45, 7) is 3.84. The molecule has 3 nitrogen and oxygen atoms in total. The van der Waals surface area contributed by atoms with Crippen LogP contribution in [0.5, 0.6) is 0 Å². The number of halogens is 1. The predicted octanol–water partition coefficient (Wildman–Crippen LogP) is 2.40. The van der Waals surface area contributed by atoms with E-state index in [2.05, 4.69) is 22.6 Å². The summed E-state index contributed by atoms with van der Waals surface area (Å²) in [6, 6.07) is 7.57. The number of carbonyl (C=O) groups excluding carboxylic acids is 1. The summed E-state index contributed by atoms with van der Waals surface area (Å²) in [7, 11) is 1.79. The minimum absolute atomic E-state index is 0.0381. The molecule has 1 amide bonds. The molecule has 0 aromatic heterocycles. The molecule has 1 rings (SSSR count). The van der Waals surface area contributed by atoms with E-state index in [0.29, 0.717) is 19.8 Å². The summed E-state index contributed by atoms with van der Waals surface area (Å²) in [6.07, 6.45) is 0. The number of carbonyl (C=O) groups is 1. The fourth-order valence-corrected chi connectivity index (χ4v) is 1.62. The molecule has 0 saturated carbocycles. The summed E-state index contributed by atoms with van der Waals surface area (Å²) in [5.74, 6) is 0.0381. The molecule has 0 fully saturated rings. The third-order valence-electron chi connectivity index (χ3n) is 2.21. The minimum Gasteiger partial charge on any atom is -0.380 e. The van der Waals surface area contributed by atoms with E-state index in [0.717, 1.165) is 9.13 Å². The zero-order valence-electron chi connectivity index (χ0n) is 9.57. The highest BCUT2D eigenvalue weighted by atomic mass is 127. The van der Waals surface area contributed by atoms with Gasteiger partial charge >= 0.3 is 0 Å². The monoisotopic (exact) mass is 333 g/mol. The summed E-state index contributed by atoms with van der Waals surface area (Å²) < 4.78 is 6.34.